The number of nitrogens with one attached hydrogen (secondary N) is 1. The van der Waals surface area contributed by atoms with E-state index in [-0.39, 0.29) is 5.91 Å². The molecule has 2 N–H and O–H groups in total. The number of benzene rings is 1. The van der Waals surface area contributed by atoms with E-state index < -0.39 is 6.10 Å². The predicted octanol–water partition coefficient (Wildman–Crippen LogP) is 3.01. The van der Waals surface area contributed by atoms with Crippen LogP contribution in [0, 0.1) is 5.92 Å². The van der Waals surface area contributed by atoms with Crippen LogP contribution in [0.2, 0.25) is 5.02 Å². The molecule has 1 fully saturated rings. The van der Waals surface area contributed by atoms with Gasteiger partial charge in [-0.2, -0.15) is 0 Å². The molecule has 1 aliphatic rings. The quantitative estimate of drug-likeness (QED) is 0.891. The van der Waals surface area contributed by atoms with E-state index in [9.17, 15) is 9.90 Å². The molecule has 1 atom stereocenters. The van der Waals surface area contributed by atoms with Crippen LogP contribution in [0.5, 0.6) is 0 Å². The van der Waals surface area contributed by atoms with Crippen LogP contribution in [0.4, 0.5) is 0 Å². The van der Waals surface area contributed by atoms with Crippen molar-refractivity contribution in [1.29, 1.82) is 0 Å². The minimum absolute atomic E-state index is 0.222. The van der Waals surface area contributed by atoms with Crippen LogP contribution in [-0.2, 0) is 0 Å². The molecule has 0 radical (unpaired) electrons. The summed E-state index contributed by atoms with van der Waals surface area (Å²) >= 11 is 5.96. The maximum absolute atomic E-state index is 11.9. The average molecular weight is 282 g/mol. The number of carbonyl (C=O) groups excluding carboxylic acids is 1. The van der Waals surface area contributed by atoms with Crippen molar-refractivity contribution in [2.45, 2.75) is 38.2 Å². The number of aliphatic hydroxyl groups is 1. The molecule has 0 aromatic heterocycles. The molecular formula is C15H20ClNO2. The highest BCUT2D eigenvalue weighted by Gasteiger charge is 2.22. The summed E-state index contributed by atoms with van der Waals surface area (Å²) in [4.78, 5) is 11.9. The van der Waals surface area contributed by atoms with E-state index >= 15 is 0 Å². The van der Waals surface area contributed by atoms with E-state index in [1.807, 2.05) is 0 Å². The lowest BCUT2D eigenvalue weighted by Gasteiger charge is -2.26. The number of halogens is 1. The van der Waals surface area contributed by atoms with Crippen molar-refractivity contribution in [3.05, 3.63) is 34.9 Å². The summed E-state index contributed by atoms with van der Waals surface area (Å²) in [5.74, 6) is 0.0979. The van der Waals surface area contributed by atoms with Gasteiger partial charge in [0.15, 0.2) is 0 Å². The predicted molar refractivity (Wildman–Crippen MR) is 76.4 cm³/mol. The standard InChI is InChI=1S/C15H20ClNO2/c16-13-9-5-4-8-12(13)15(19)17-10-14(18)11-6-2-1-3-7-11/h4-5,8-9,11,14,18H,1-3,6-7,10H2,(H,17,19)/t14-/m0/s1. The van der Waals surface area contributed by atoms with Crippen molar-refractivity contribution in [2.75, 3.05) is 6.54 Å². The zero-order valence-electron chi connectivity index (χ0n) is 10.9. The minimum Gasteiger partial charge on any atom is -0.391 e. The zero-order chi connectivity index (χ0) is 13.7. The second kappa shape index (κ2) is 6.92. The average Bonchev–Trinajstić information content (AvgIpc) is 2.46. The van der Waals surface area contributed by atoms with Crippen LogP contribution in [0.15, 0.2) is 24.3 Å². The van der Waals surface area contributed by atoms with Gasteiger partial charge in [-0.15, -0.1) is 0 Å². The van der Waals surface area contributed by atoms with Gasteiger partial charge < -0.3 is 10.4 Å². The Labute approximate surface area is 119 Å². The number of hydrogen-bond donors (Lipinski definition) is 2. The summed E-state index contributed by atoms with van der Waals surface area (Å²) in [6.07, 6.45) is 5.29. The molecule has 104 valence electrons. The molecule has 0 heterocycles. The van der Waals surface area contributed by atoms with Gasteiger partial charge in [-0.1, -0.05) is 43.0 Å². The third kappa shape index (κ3) is 3.95. The SMILES string of the molecule is O=C(NC[C@H](O)C1CCCCC1)c1ccccc1Cl. The third-order valence-corrected chi connectivity index (χ3v) is 4.11. The fourth-order valence-corrected chi connectivity index (χ4v) is 2.85. The lowest BCUT2D eigenvalue weighted by Crippen LogP contribution is -2.37. The second-order valence-corrected chi connectivity index (χ2v) is 5.56. The molecule has 0 saturated heterocycles. The summed E-state index contributed by atoms with van der Waals surface area (Å²) in [5.41, 5.74) is 0.458. The maximum atomic E-state index is 11.9. The fraction of sp³-hybridized carbons (Fsp3) is 0.533. The highest BCUT2D eigenvalue weighted by atomic mass is 35.5. The van der Waals surface area contributed by atoms with Crippen LogP contribution in [0.3, 0.4) is 0 Å². The smallest absolute Gasteiger partial charge is 0.252 e. The van der Waals surface area contributed by atoms with Crippen LogP contribution in [0.1, 0.15) is 42.5 Å². The Kier molecular flexibility index (Phi) is 5.23. The Bertz CT molecular complexity index is 430. The first kappa shape index (κ1) is 14.4. The van der Waals surface area contributed by atoms with Crippen molar-refractivity contribution in [2.24, 2.45) is 5.92 Å². The first-order chi connectivity index (χ1) is 9.18. The van der Waals surface area contributed by atoms with Crippen LogP contribution in [-0.4, -0.2) is 23.7 Å². The summed E-state index contributed by atoms with van der Waals surface area (Å²) in [6.45, 7) is 0.300. The van der Waals surface area contributed by atoms with E-state index in [0.717, 1.165) is 12.8 Å². The summed E-state index contributed by atoms with van der Waals surface area (Å²) in [7, 11) is 0. The third-order valence-electron chi connectivity index (χ3n) is 3.78. The Morgan fingerprint density at radius 3 is 2.68 bits per heavy atom. The molecule has 0 aliphatic heterocycles. The Hall–Kier alpha value is -1.06. The molecule has 3 nitrogen and oxygen atoms in total. The molecule has 1 aromatic carbocycles. The van der Waals surface area contributed by atoms with E-state index in [1.165, 1.54) is 19.3 Å². The molecule has 2 rings (SSSR count). The number of carbonyl (C=O) groups is 1. The van der Waals surface area contributed by atoms with Crippen molar-refractivity contribution in [1.82, 2.24) is 5.32 Å². The molecule has 1 aromatic rings. The maximum Gasteiger partial charge on any atom is 0.252 e. The molecule has 0 unspecified atom stereocenters. The first-order valence-electron chi connectivity index (χ1n) is 6.89. The molecule has 0 spiro atoms. The van der Waals surface area contributed by atoms with Crippen molar-refractivity contribution in [3.8, 4) is 0 Å². The van der Waals surface area contributed by atoms with Gasteiger partial charge in [-0.3, -0.25) is 4.79 Å². The molecule has 19 heavy (non-hydrogen) atoms. The van der Waals surface area contributed by atoms with E-state index in [0.29, 0.717) is 23.0 Å². The molecule has 1 saturated carbocycles. The normalized spacial score (nSPS) is 18.0. The number of rotatable bonds is 4. The van der Waals surface area contributed by atoms with Gasteiger partial charge in [0.2, 0.25) is 0 Å². The summed E-state index contributed by atoms with van der Waals surface area (Å²) in [5, 5.41) is 13.3. The van der Waals surface area contributed by atoms with E-state index in [1.54, 1.807) is 24.3 Å². The molecule has 0 bridgehead atoms. The van der Waals surface area contributed by atoms with Crippen molar-refractivity contribution in [3.63, 3.8) is 0 Å². The van der Waals surface area contributed by atoms with E-state index in [2.05, 4.69) is 5.32 Å². The van der Waals surface area contributed by atoms with Gasteiger partial charge in [0.1, 0.15) is 0 Å². The lowest BCUT2D eigenvalue weighted by molar-refractivity contribution is 0.0738. The monoisotopic (exact) mass is 281 g/mol. The number of aliphatic hydroxyl groups excluding tert-OH is 1. The Morgan fingerprint density at radius 2 is 2.00 bits per heavy atom. The molecular weight excluding hydrogens is 262 g/mol. The Morgan fingerprint density at radius 1 is 1.32 bits per heavy atom. The first-order valence-corrected chi connectivity index (χ1v) is 7.27. The van der Waals surface area contributed by atoms with Gasteiger partial charge in [0.25, 0.3) is 5.91 Å². The van der Waals surface area contributed by atoms with Crippen LogP contribution in [0.25, 0.3) is 0 Å². The Balaban J connectivity index is 1.84. The molecule has 4 heteroatoms. The highest BCUT2D eigenvalue weighted by molar-refractivity contribution is 6.33. The van der Waals surface area contributed by atoms with Crippen LogP contribution < -0.4 is 5.32 Å². The number of hydrogen-bond acceptors (Lipinski definition) is 2. The van der Waals surface area contributed by atoms with Crippen molar-refractivity contribution >= 4 is 17.5 Å². The van der Waals surface area contributed by atoms with Crippen molar-refractivity contribution < 1.29 is 9.90 Å². The van der Waals surface area contributed by atoms with Gasteiger partial charge in [0, 0.05) is 6.54 Å². The van der Waals surface area contributed by atoms with E-state index in [4.69, 9.17) is 11.6 Å². The zero-order valence-corrected chi connectivity index (χ0v) is 11.7. The molecule has 1 aliphatic carbocycles. The van der Waals surface area contributed by atoms with Gasteiger partial charge in [-0.05, 0) is 30.9 Å². The lowest BCUT2D eigenvalue weighted by atomic mass is 9.85. The van der Waals surface area contributed by atoms with Gasteiger partial charge in [-0.25, -0.2) is 0 Å². The summed E-state index contributed by atoms with van der Waals surface area (Å²) < 4.78 is 0. The highest BCUT2D eigenvalue weighted by Crippen LogP contribution is 2.26. The van der Waals surface area contributed by atoms with Gasteiger partial charge in [0.05, 0.1) is 16.7 Å². The second-order valence-electron chi connectivity index (χ2n) is 5.16. The van der Waals surface area contributed by atoms with Gasteiger partial charge >= 0.3 is 0 Å². The fourth-order valence-electron chi connectivity index (χ4n) is 2.62. The number of amides is 1. The summed E-state index contributed by atoms with van der Waals surface area (Å²) in [6, 6.07) is 6.94. The van der Waals surface area contributed by atoms with Crippen LogP contribution >= 0.6 is 11.6 Å². The minimum atomic E-state index is -0.452. The topological polar surface area (TPSA) is 49.3 Å². The largest absolute Gasteiger partial charge is 0.391 e. The molecule has 1 amide bonds.